The minimum Gasteiger partial charge on any atom is -0.497 e. The van der Waals surface area contributed by atoms with Crippen molar-refractivity contribution in [2.24, 2.45) is 0 Å². The summed E-state index contributed by atoms with van der Waals surface area (Å²) in [4.78, 5) is 4.27. The van der Waals surface area contributed by atoms with Crippen LogP contribution in [0.5, 0.6) is 5.75 Å². The Balaban J connectivity index is 1.23. The average Bonchev–Trinajstić information content (AvgIpc) is 2.84. The monoisotopic (exact) mass is 537 g/mol. The van der Waals surface area contributed by atoms with E-state index >= 15 is 0 Å². The van der Waals surface area contributed by atoms with E-state index in [4.69, 9.17) is 40.2 Å². The first kappa shape index (κ1) is 26.5. The van der Waals surface area contributed by atoms with E-state index in [1.807, 2.05) is 17.0 Å². The molecule has 2 saturated heterocycles. The number of aliphatic hydroxyl groups is 2. The summed E-state index contributed by atoms with van der Waals surface area (Å²) >= 11 is 17.7. The van der Waals surface area contributed by atoms with Crippen molar-refractivity contribution in [3.63, 3.8) is 0 Å². The molecule has 2 aromatic rings. The number of hydrogen-bond donors (Lipinski definition) is 3. The normalized spacial score (nSPS) is 19.9. The van der Waals surface area contributed by atoms with Gasteiger partial charge in [0, 0.05) is 35.4 Å². The Morgan fingerprint density at radius 1 is 1.09 bits per heavy atom. The highest BCUT2D eigenvalue weighted by atomic mass is 35.5. The molecule has 3 N–H and O–H groups in total. The second-order valence-electron chi connectivity index (χ2n) is 9.54. The highest BCUT2D eigenvalue weighted by Gasteiger charge is 2.40. The molecule has 35 heavy (non-hydrogen) atoms. The third kappa shape index (κ3) is 6.79. The number of β-amino-alcohol motifs (C(OH)–C–C–N with tert-alkyl or cyclic N) is 1. The number of ether oxygens (including phenoxy) is 1. The lowest BCUT2D eigenvalue weighted by Crippen LogP contribution is -2.56. The van der Waals surface area contributed by atoms with Crippen molar-refractivity contribution in [1.29, 1.82) is 0 Å². The number of thiocarbonyl (C=S) groups is 1. The maximum atomic E-state index is 11.2. The van der Waals surface area contributed by atoms with E-state index in [9.17, 15) is 10.2 Å². The number of piperidine rings is 2. The lowest BCUT2D eigenvalue weighted by atomic mass is 9.84. The van der Waals surface area contributed by atoms with Crippen LogP contribution < -0.4 is 10.1 Å². The zero-order valence-corrected chi connectivity index (χ0v) is 22.2. The van der Waals surface area contributed by atoms with Gasteiger partial charge in [0.1, 0.15) is 5.75 Å². The smallest absolute Gasteiger partial charge is 0.173 e. The van der Waals surface area contributed by atoms with Crippen molar-refractivity contribution in [2.45, 2.75) is 43.3 Å². The minimum atomic E-state index is -1.11. The van der Waals surface area contributed by atoms with Crippen molar-refractivity contribution in [3.8, 4) is 5.75 Å². The van der Waals surface area contributed by atoms with Gasteiger partial charge in [-0.2, -0.15) is 0 Å². The number of methoxy groups -OCH3 is 1. The average molecular weight is 539 g/mol. The number of anilines is 1. The van der Waals surface area contributed by atoms with Gasteiger partial charge in [-0.05, 0) is 92.8 Å². The molecule has 0 aromatic heterocycles. The van der Waals surface area contributed by atoms with E-state index in [1.54, 1.807) is 25.3 Å². The van der Waals surface area contributed by atoms with Crippen LogP contribution in [-0.4, -0.2) is 76.7 Å². The molecule has 6 nitrogen and oxygen atoms in total. The lowest BCUT2D eigenvalue weighted by Gasteiger charge is -2.43. The first-order valence-corrected chi connectivity index (χ1v) is 13.2. The molecule has 0 bridgehead atoms. The van der Waals surface area contributed by atoms with Crippen molar-refractivity contribution < 1.29 is 14.9 Å². The molecule has 2 heterocycles. The van der Waals surface area contributed by atoms with Gasteiger partial charge in [0.05, 0.1) is 18.8 Å². The Labute approximate surface area is 222 Å². The number of nitrogens with one attached hydrogen (secondary N) is 1. The minimum absolute atomic E-state index is 0.453. The van der Waals surface area contributed by atoms with E-state index in [2.05, 4.69) is 22.3 Å². The van der Waals surface area contributed by atoms with Crippen LogP contribution in [0.4, 0.5) is 5.69 Å². The highest BCUT2D eigenvalue weighted by Crippen LogP contribution is 2.32. The Hall–Kier alpha value is -1.61. The summed E-state index contributed by atoms with van der Waals surface area (Å²) in [6, 6.07) is 13.5. The van der Waals surface area contributed by atoms with Gasteiger partial charge in [0.25, 0.3) is 0 Å². The molecule has 4 rings (SSSR count). The fourth-order valence-corrected chi connectivity index (χ4v) is 5.82. The quantitative estimate of drug-likeness (QED) is 0.458. The van der Waals surface area contributed by atoms with Crippen molar-refractivity contribution in [1.82, 2.24) is 9.80 Å². The molecule has 190 valence electrons. The summed E-state index contributed by atoms with van der Waals surface area (Å²) in [6.45, 7) is 3.42. The molecule has 9 heteroatoms. The fraction of sp³-hybridized carbons (Fsp3) is 0.500. The number of benzene rings is 2. The molecular weight excluding hydrogens is 505 g/mol. The highest BCUT2D eigenvalue weighted by molar-refractivity contribution is 7.80. The zero-order chi connectivity index (χ0) is 25.0. The maximum Gasteiger partial charge on any atom is 0.173 e. The van der Waals surface area contributed by atoms with Crippen LogP contribution in [0.25, 0.3) is 0 Å². The molecule has 0 amide bonds. The van der Waals surface area contributed by atoms with E-state index in [0.29, 0.717) is 53.6 Å². The second-order valence-corrected chi connectivity index (χ2v) is 10.8. The third-order valence-corrected chi connectivity index (χ3v) is 8.05. The lowest BCUT2D eigenvalue weighted by molar-refractivity contribution is -0.112. The van der Waals surface area contributed by atoms with Crippen LogP contribution in [0.1, 0.15) is 37.2 Å². The number of aliphatic hydroxyl groups excluding tert-OH is 1. The Morgan fingerprint density at radius 2 is 1.69 bits per heavy atom. The molecule has 2 fully saturated rings. The summed E-state index contributed by atoms with van der Waals surface area (Å²) in [5, 5.41) is 26.9. The first-order chi connectivity index (χ1) is 16.8. The zero-order valence-electron chi connectivity index (χ0n) is 19.9. The SMILES string of the molecule is COc1ccc(C2CCN(CC(O)C3(O)CCN(C(=S)Nc4cc(Cl)cc(Cl)c4)CC3)CC2)cc1. The van der Waals surface area contributed by atoms with Crippen LogP contribution in [0, 0.1) is 0 Å². The third-order valence-electron chi connectivity index (χ3n) is 7.26. The first-order valence-electron chi connectivity index (χ1n) is 12.0. The second kappa shape index (κ2) is 11.6. The van der Waals surface area contributed by atoms with E-state index in [1.165, 1.54) is 5.56 Å². The van der Waals surface area contributed by atoms with Crippen LogP contribution in [0.15, 0.2) is 42.5 Å². The molecule has 1 unspecified atom stereocenters. The largest absolute Gasteiger partial charge is 0.497 e. The van der Waals surface area contributed by atoms with Gasteiger partial charge in [-0.3, -0.25) is 0 Å². The maximum absolute atomic E-state index is 11.2. The van der Waals surface area contributed by atoms with Crippen molar-refractivity contribution in [2.75, 3.05) is 45.2 Å². The van der Waals surface area contributed by atoms with Gasteiger partial charge in [0.15, 0.2) is 5.11 Å². The molecule has 2 aromatic carbocycles. The van der Waals surface area contributed by atoms with Gasteiger partial charge in [-0.1, -0.05) is 35.3 Å². The van der Waals surface area contributed by atoms with Gasteiger partial charge >= 0.3 is 0 Å². The standard InChI is InChI=1S/C26H33Cl2N3O3S/c1-34-23-4-2-18(3-5-23)19-6-10-30(11-7-19)17-24(32)26(33)8-12-31(13-9-26)25(35)29-22-15-20(27)14-21(28)16-22/h2-5,14-16,19,24,32-33H,6-13,17H2,1H3,(H,29,35). The molecule has 0 saturated carbocycles. The van der Waals surface area contributed by atoms with Gasteiger partial charge in [-0.15, -0.1) is 0 Å². The van der Waals surface area contributed by atoms with Crippen LogP contribution >= 0.6 is 35.4 Å². The van der Waals surface area contributed by atoms with E-state index in [0.717, 1.165) is 37.4 Å². The summed E-state index contributed by atoms with van der Waals surface area (Å²) in [7, 11) is 1.68. The number of hydrogen-bond acceptors (Lipinski definition) is 5. The van der Waals surface area contributed by atoms with E-state index in [-0.39, 0.29) is 0 Å². The molecule has 1 atom stereocenters. The van der Waals surface area contributed by atoms with Crippen LogP contribution in [-0.2, 0) is 0 Å². The fourth-order valence-electron chi connectivity index (χ4n) is 5.00. The molecule has 0 spiro atoms. The molecule has 2 aliphatic heterocycles. The topological polar surface area (TPSA) is 68.2 Å². The van der Waals surface area contributed by atoms with Crippen LogP contribution in [0.2, 0.25) is 10.0 Å². The van der Waals surface area contributed by atoms with Crippen molar-refractivity contribution in [3.05, 3.63) is 58.1 Å². The number of nitrogens with zero attached hydrogens (tertiary/aromatic N) is 2. The predicted molar refractivity (Wildman–Crippen MR) is 146 cm³/mol. The molecule has 2 aliphatic rings. The summed E-state index contributed by atoms with van der Waals surface area (Å²) < 4.78 is 5.26. The molecular formula is C26H33Cl2N3O3S. The van der Waals surface area contributed by atoms with Crippen molar-refractivity contribution >= 4 is 46.2 Å². The summed E-state index contributed by atoms with van der Waals surface area (Å²) in [6.07, 6.45) is 2.19. The van der Waals surface area contributed by atoms with Gasteiger partial charge < -0.3 is 30.1 Å². The molecule has 0 radical (unpaired) electrons. The molecule has 0 aliphatic carbocycles. The number of likely N-dealkylation sites (tertiary alicyclic amines) is 2. The van der Waals surface area contributed by atoms with Crippen LogP contribution in [0.3, 0.4) is 0 Å². The Bertz CT molecular complexity index is 987. The Morgan fingerprint density at radius 3 is 2.26 bits per heavy atom. The number of halogens is 2. The Kier molecular flexibility index (Phi) is 8.79. The van der Waals surface area contributed by atoms with Gasteiger partial charge in [-0.25, -0.2) is 0 Å². The number of rotatable bonds is 6. The predicted octanol–water partition coefficient (Wildman–Crippen LogP) is 4.77. The summed E-state index contributed by atoms with van der Waals surface area (Å²) in [5.74, 6) is 1.39. The summed E-state index contributed by atoms with van der Waals surface area (Å²) in [5.41, 5.74) is 0.950. The van der Waals surface area contributed by atoms with Gasteiger partial charge in [0.2, 0.25) is 0 Å². The van der Waals surface area contributed by atoms with E-state index < -0.39 is 11.7 Å².